The van der Waals surface area contributed by atoms with Crippen LogP contribution in [0.1, 0.15) is 27.2 Å². The summed E-state index contributed by atoms with van der Waals surface area (Å²) >= 11 is 0. The van der Waals surface area contributed by atoms with Crippen LogP contribution in [0.15, 0.2) is 0 Å². The van der Waals surface area contributed by atoms with E-state index in [0.29, 0.717) is 6.54 Å². The molecule has 0 saturated carbocycles. The van der Waals surface area contributed by atoms with Crippen molar-refractivity contribution in [3.05, 3.63) is 0 Å². The molecular formula is C12H19N3O2. The van der Waals surface area contributed by atoms with Gasteiger partial charge in [-0.3, -0.25) is 9.80 Å². The molecule has 0 aromatic rings. The van der Waals surface area contributed by atoms with Crippen LogP contribution in [0.4, 0.5) is 4.79 Å². The number of nitriles is 1. The predicted molar refractivity (Wildman–Crippen MR) is 62.3 cm³/mol. The second-order valence-corrected chi connectivity index (χ2v) is 5.78. The maximum atomic E-state index is 11.9. The van der Waals surface area contributed by atoms with E-state index in [1.165, 1.54) is 0 Å². The van der Waals surface area contributed by atoms with Gasteiger partial charge in [0.25, 0.3) is 0 Å². The first-order chi connectivity index (χ1) is 7.90. The van der Waals surface area contributed by atoms with Gasteiger partial charge in [0.15, 0.2) is 0 Å². The highest BCUT2D eigenvalue weighted by molar-refractivity contribution is 5.70. The third-order valence-electron chi connectivity index (χ3n) is 3.17. The summed E-state index contributed by atoms with van der Waals surface area (Å²) < 4.78 is 5.38. The topological polar surface area (TPSA) is 56.6 Å². The normalized spacial score (nSPS) is 28.2. The highest BCUT2D eigenvalue weighted by atomic mass is 16.6. The van der Waals surface area contributed by atoms with Crippen LogP contribution in [-0.2, 0) is 4.74 Å². The van der Waals surface area contributed by atoms with E-state index in [1.54, 1.807) is 0 Å². The third-order valence-corrected chi connectivity index (χ3v) is 3.17. The Balaban J connectivity index is 1.91. The van der Waals surface area contributed by atoms with E-state index >= 15 is 0 Å². The minimum atomic E-state index is -0.437. The van der Waals surface area contributed by atoms with Gasteiger partial charge in [-0.05, 0) is 27.2 Å². The molecule has 3 aliphatic rings. The standard InChI is InChI=1S/C12H19N3O2/c1-12(2,3)17-11(16)15-9-6-10(15)8-14(7-9)5-4-13/h9-10H,5-8H2,1-3H3. The van der Waals surface area contributed by atoms with Gasteiger partial charge < -0.3 is 4.74 Å². The highest BCUT2D eigenvalue weighted by Crippen LogP contribution is 2.33. The first-order valence-corrected chi connectivity index (χ1v) is 6.01. The van der Waals surface area contributed by atoms with Crippen molar-refractivity contribution >= 4 is 6.09 Å². The Morgan fingerprint density at radius 1 is 1.41 bits per heavy atom. The van der Waals surface area contributed by atoms with Gasteiger partial charge in [-0.1, -0.05) is 0 Å². The second-order valence-electron chi connectivity index (χ2n) is 5.78. The van der Waals surface area contributed by atoms with Crippen LogP contribution in [0.2, 0.25) is 0 Å². The van der Waals surface area contributed by atoms with Crippen LogP contribution in [0, 0.1) is 11.3 Å². The lowest BCUT2D eigenvalue weighted by molar-refractivity contribution is -0.0736. The molecule has 5 heteroatoms. The number of hydrogen-bond donors (Lipinski definition) is 0. The molecule has 3 aliphatic heterocycles. The summed E-state index contributed by atoms with van der Waals surface area (Å²) in [5.41, 5.74) is -0.437. The van der Waals surface area contributed by atoms with Crippen LogP contribution in [0.5, 0.6) is 0 Å². The Kier molecular flexibility index (Phi) is 3.00. The largest absolute Gasteiger partial charge is 0.444 e. The fourth-order valence-electron chi connectivity index (χ4n) is 2.54. The van der Waals surface area contributed by atoms with Gasteiger partial charge in [-0.25, -0.2) is 4.79 Å². The fraction of sp³-hybridized carbons (Fsp3) is 0.833. The zero-order valence-electron chi connectivity index (χ0n) is 10.6. The number of amides is 1. The zero-order valence-corrected chi connectivity index (χ0v) is 10.6. The molecule has 0 spiro atoms. The molecule has 5 nitrogen and oxygen atoms in total. The summed E-state index contributed by atoms with van der Waals surface area (Å²) in [6.07, 6.45) is 0.830. The molecule has 0 radical (unpaired) electrons. The summed E-state index contributed by atoms with van der Waals surface area (Å²) in [7, 11) is 0. The van der Waals surface area contributed by atoms with Crippen molar-refractivity contribution in [2.75, 3.05) is 19.6 Å². The van der Waals surface area contributed by atoms with Gasteiger partial charge in [0, 0.05) is 13.1 Å². The van der Waals surface area contributed by atoms with E-state index in [2.05, 4.69) is 11.0 Å². The number of rotatable bonds is 1. The van der Waals surface area contributed by atoms with E-state index in [-0.39, 0.29) is 18.2 Å². The molecule has 3 fully saturated rings. The monoisotopic (exact) mass is 237 g/mol. The molecule has 94 valence electrons. The average Bonchev–Trinajstić information content (AvgIpc) is 2.14. The number of ether oxygens (including phenoxy) is 1. The van der Waals surface area contributed by atoms with Gasteiger partial charge in [0.05, 0.1) is 24.7 Å². The Labute approximate surface area is 102 Å². The average molecular weight is 237 g/mol. The van der Waals surface area contributed by atoms with Gasteiger partial charge >= 0.3 is 6.09 Å². The number of hydrogen-bond acceptors (Lipinski definition) is 4. The lowest BCUT2D eigenvalue weighted by Gasteiger charge is -2.55. The van der Waals surface area contributed by atoms with Gasteiger partial charge in [-0.15, -0.1) is 0 Å². The summed E-state index contributed by atoms with van der Waals surface area (Å²) in [4.78, 5) is 15.9. The van der Waals surface area contributed by atoms with E-state index in [1.807, 2.05) is 25.7 Å². The molecule has 1 amide bonds. The number of nitrogens with zero attached hydrogens (tertiary/aromatic N) is 3. The highest BCUT2D eigenvalue weighted by Gasteiger charge is 2.48. The second kappa shape index (κ2) is 4.19. The molecule has 2 bridgehead atoms. The first-order valence-electron chi connectivity index (χ1n) is 6.01. The molecule has 2 unspecified atom stereocenters. The van der Waals surface area contributed by atoms with Crippen molar-refractivity contribution in [3.8, 4) is 6.07 Å². The van der Waals surface area contributed by atoms with Gasteiger partial charge in [-0.2, -0.15) is 5.26 Å². The zero-order chi connectivity index (χ0) is 12.6. The molecule has 0 aromatic carbocycles. The minimum absolute atomic E-state index is 0.213. The van der Waals surface area contributed by atoms with Crippen LogP contribution < -0.4 is 0 Å². The van der Waals surface area contributed by atoms with Crippen molar-refractivity contribution in [1.29, 1.82) is 5.26 Å². The smallest absolute Gasteiger partial charge is 0.410 e. The Bertz CT molecular complexity index is 344. The molecule has 17 heavy (non-hydrogen) atoms. The summed E-state index contributed by atoms with van der Waals surface area (Å²) in [6, 6.07) is 2.62. The Morgan fingerprint density at radius 2 is 2.00 bits per heavy atom. The van der Waals surface area contributed by atoms with Crippen molar-refractivity contribution < 1.29 is 9.53 Å². The van der Waals surface area contributed by atoms with Crippen LogP contribution in [0.3, 0.4) is 0 Å². The molecule has 0 aromatic heterocycles. The van der Waals surface area contributed by atoms with E-state index in [0.717, 1.165) is 19.5 Å². The molecule has 3 heterocycles. The van der Waals surface area contributed by atoms with Crippen LogP contribution >= 0.6 is 0 Å². The minimum Gasteiger partial charge on any atom is -0.444 e. The predicted octanol–water partition coefficient (Wildman–Crippen LogP) is 1.20. The van der Waals surface area contributed by atoms with Crippen LogP contribution in [0.25, 0.3) is 0 Å². The van der Waals surface area contributed by atoms with Crippen molar-refractivity contribution in [1.82, 2.24) is 9.80 Å². The number of piperazine rings is 1. The molecule has 0 N–H and O–H groups in total. The van der Waals surface area contributed by atoms with Crippen LogP contribution in [-0.4, -0.2) is 53.2 Å². The maximum absolute atomic E-state index is 11.9. The van der Waals surface area contributed by atoms with Crippen molar-refractivity contribution in [2.45, 2.75) is 44.9 Å². The van der Waals surface area contributed by atoms with E-state index < -0.39 is 5.60 Å². The van der Waals surface area contributed by atoms with Crippen molar-refractivity contribution in [2.24, 2.45) is 0 Å². The van der Waals surface area contributed by atoms with Gasteiger partial charge in [0.2, 0.25) is 0 Å². The third kappa shape index (κ3) is 2.52. The first kappa shape index (κ1) is 12.2. The Morgan fingerprint density at radius 3 is 2.47 bits per heavy atom. The quantitative estimate of drug-likeness (QED) is 0.643. The molecule has 2 atom stereocenters. The van der Waals surface area contributed by atoms with E-state index in [9.17, 15) is 4.79 Å². The number of fused-ring (bicyclic) bond motifs is 2. The summed E-state index contributed by atoms with van der Waals surface area (Å²) in [6.45, 7) is 7.68. The Hall–Kier alpha value is -1.28. The number of carbonyl (C=O) groups is 1. The van der Waals surface area contributed by atoms with E-state index in [4.69, 9.17) is 10.00 Å². The van der Waals surface area contributed by atoms with Crippen molar-refractivity contribution in [3.63, 3.8) is 0 Å². The summed E-state index contributed by atoms with van der Waals surface area (Å²) in [5.74, 6) is 0. The summed E-state index contributed by atoms with van der Waals surface area (Å²) in [5, 5.41) is 8.65. The number of piperidine rings is 1. The molecular weight excluding hydrogens is 218 g/mol. The number of carbonyl (C=O) groups excluding carboxylic acids is 1. The maximum Gasteiger partial charge on any atom is 0.410 e. The molecule has 3 rings (SSSR count). The van der Waals surface area contributed by atoms with Gasteiger partial charge in [0.1, 0.15) is 5.60 Å². The fourth-order valence-corrected chi connectivity index (χ4v) is 2.54. The molecule has 0 aliphatic carbocycles. The SMILES string of the molecule is CC(C)(C)OC(=O)N1C2CC1CN(CC#N)C2. The lowest BCUT2D eigenvalue weighted by atomic mass is 9.88. The molecule has 3 saturated heterocycles. The lowest BCUT2D eigenvalue weighted by Crippen LogP contribution is -2.70.